The molecule has 0 aliphatic carbocycles. The van der Waals surface area contributed by atoms with E-state index in [1.165, 1.54) is 0 Å². The van der Waals surface area contributed by atoms with E-state index >= 15 is 0 Å². The van der Waals surface area contributed by atoms with Gasteiger partial charge in [0.15, 0.2) is 0 Å². The largest absolute Gasteiger partial charge is 2.00 e. The molecule has 11 heteroatoms. The Labute approximate surface area is 240 Å². The van der Waals surface area contributed by atoms with Crippen LogP contribution in [0, 0.1) is 0 Å². The molecule has 0 unspecified atom stereocenters. The summed E-state index contributed by atoms with van der Waals surface area (Å²) in [4.78, 5) is 0. The second kappa shape index (κ2) is 17.7. The van der Waals surface area contributed by atoms with Crippen LogP contribution in [0.3, 0.4) is 0 Å². The van der Waals surface area contributed by atoms with Crippen molar-refractivity contribution in [3.05, 3.63) is 16.3 Å². The molecule has 0 saturated carbocycles. The van der Waals surface area contributed by atoms with Gasteiger partial charge in [0, 0.05) is 0 Å². The van der Waals surface area contributed by atoms with Crippen molar-refractivity contribution in [2.24, 2.45) is 31.0 Å². The predicted octanol–water partition coefficient (Wildman–Crippen LogP) is 6.97. The van der Waals surface area contributed by atoms with E-state index in [1.807, 2.05) is 125 Å². The van der Waals surface area contributed by atoms with E-state index < -0.39 is 0 Å². The summed E-state index contributed by atoms with van der Waals surface area (Å²) in [5.41, 5.74) is 11.3. The maximum atomic E-state index is 4.00. The van der Waals surface area contributed by atoms with E-state index in [1.54, 1.807) is 0 Å². The Morgan fingerprint density at radius 2 is 0.486 bits per heavy atom. The van der Waals surface area contributed by atoms with E-state index in [2.05, 4.69) is 47.3 Å². The standard InChI is InChI=1S/3C8H18N3.Co.Li/c3*1-7(2,3)9-11-10-8(4,5)6;;/h3*1-6H3;;/q3*-1;+2;+1. The summed E-state index contributed by atoms with van der Waals surface area (Å²) in [6, 6.07) is 0. The van der Waals surface area contributed by atoms with Gasteiger partial charge in [0.05, 0.1) is 0 Å². The summed E-state index contributed by atoms with van der Waals surface area (Å²) in [6.07, 6.45) is 0. The molecule has 9 nitrogen and oxygen atoms in total. The minimum Gasteiger partial charge on any atom is -0.376 e. The van der Waals surface area contributed by atoms with Crippen molar-refractivity contribution in [2.45, 2.75) is 158 Å². The van der Waals surface area contributed by atoms with Crippen LogP contribution in [0.2, 0.25) is 0 Å². The first-order valence-corrected chi connectivity index (χ1v) is 11.5. The molecule has 0 saturated heterocycles. The minimum absolute atomic E-state index is 0. The van der Waals surface area contributed by atoms with E-state index in [9.17, 15) is 0 Å². The number of rotatable bonds is 3. The molecule has 0 aliphatic heterocycles. The zero-order valence-electron chi connectivity index (χ0n) is 26.4. The molecule has 0 aromatic rings. The van der Waals surface area contributed by atoms with Gasteiger partial charge in [-0.25, -0.2) is 0 Å². The molecule has 0 aromatic heterocycles. The molecule has 1 radical (unpaired) electrons. The van der Waals surface area contributed by atoms with E-state index in [0.717, 1.165) is 0 Å². The normalized spacial score (nSPS) is 13.2. The number of hydrogen-bond acceptors (Lipinski definition) is 6. The van der Waals surface area contributed by atoms with Crippen LogP contribution >= 0.6 is 0 Å². The molecule has 0 fully saturated rings. The van der Waals surface area contributed by atoms with Crippen molar-refractivity contribution in [2.75, 3.05) is 0 Å². The predicted molar refractivity (Wildman–Crippen MR) is 143 cm³/mol. The summed E-state index contributed by atoms with van der Waals surface area (Å²) in [5.74, 6) is 0. The van der Waals surface area contributed by atoms with E-state index in [0.29, 0.717) is 0 Å². The van der Waals surface area contributed by atoms with Crippen molar-refractivity contribution in [1.82, 2.24) is 0 Å². The van der Waals surface area contributed by atoms with Crippen LogP contribution in [-0.4, -0.2) is 33.2 Å². The maximum Gasteiger partial charge on any atom is 2.00 e. The van der Waals surface area contributed by atoms with Crippen LogP contribution in [0.15, 0.2) is 31.0 Å². The quantitative estimate of drug-likeness (QED) is 0.211. The van der Waals surface area contributed by atoms with Crippen LogP contribution in [-0.2, 0) is 16.8 Å². The third-order valence-electron chi connectivity index (χ3n) is 2.07. The molecule has 0 amide bonds. The van der Waals surface area contributed by atoms with Crippen molar-refractivity contribution in [3.8, 4) is 0 Å². The first-order valence-electron chi connectivity index (χ1n) is 11.5. The molecular weight excluding hydrogens is 480 g/mol. The fraction of sp³-hybridized carbons (Fsp3) is 1.00. The van der Waals surface area contributed by atoms with Crippen molar-refractivity contribution in [1.29, 1.82) is 0 Å². The summed E-state index contributed by atoms with van der Waals surface area (Å²) in [5, 5.41) is 23.3. The summed E-state index contributed by atoms with van der Waals surface area (Å²) in [7, 11) is 0. The smallest absolute Gasteiger partial charge is 0.376 e. The van der Waals surface area contributed by atoms with Gasteiger partial charge in [-0.1, -0.05) is 125 Å². The van der Waals surface area contributed by atoms with Gasteiger partial charge >= 0.3 is 35.6 Å². The molecule has 205 valence electrons. The minimum atomic E-state index is -0.116. The Morgan fingerprint density at radius 1 is 0.343 bits per heavy atom. The second-order valence-electron chi connectivity index (χ2n) is 13.9. The molecule has 0 rings (SSSR count). The average Bonchev–Trinajstić information content (AvgIpc) is 2.39. The molecule has 0 bridgehead atoms. The summed E-state index contributed by atoms with van der Waals surface area (Å²) >= 11 is 0. The van der Waals surface area contributed by atoms with Crippen LogP contribution in [0.4, 0.5) is 0 Å². The Hall–Kier alpha value is -0.696. The van der Waals surface area contributed by atoms with Gasteiger partial charge < -0.3 is 31.6 Å². The first kappa shape index (κ1) is 44.3. The van der Waals surface area contributed by atoms with Crippen molar-refractivity contribution >= 4 is 0 Å². The maximum absolute atomic E-state index is 4.00. The van der Waals surface area contributed by atoms with Gasteiger partial charge in [-0.3, -0.25) is 15.7 Å². The van der Waals surface area contributed by atoms with Gasteiger partial charge in [0.2, 0.25) is 0 Å². The van der Waals surface area contributed by atoms with Gasteiger partial charge in [0.1, 0.15) is 0 Å². The zero-order chi connectivity index (χ0) is 27.4. The van der Waals surface area contributed by atoms with Gasteiger partial charge in [-0.15, -0.1) is 0 Å². The molecule has 35 heavy (non-hydrogen) atoms. The molecule has 0 spiro atoms. The zero-order valence-corrected chi connectivity index (χ0v) is 27.4. The van der Waals surface area contributed by atoms with Gasteiger partial charge in [-0.2, -0.15) is 0 Å². The van der Waals surface area contributed by atoms with Gasteiger partial charge in [-0.05, 0) is 33.2 Å². The summed E-state index contributed by atoms with van der Waals surface area (Å²) in [6.45, 7) is 35.9. The van der Waals surface area contributed by atoms with Crippen LogP contribution in [0.5, 0.6) is 0 Å². The molecular formula is C24H54CoLiN9. The van der Waals surface area contributed by atoms with Crippen LogP contribution in [0.1, 0.15) is 125 Å². The third-order valence-corrected chi connectivity index (χ3v) is 2.07. The van der Waals surface area contributed by atoms with Crippen LogP contribution < -0.4 is 18.9 Å². The SMILES string of the molecule is CC(C)(C)N=N[N-]C(C)(C)C.CC(C)(C)N=N[N-]C(C)(C)C.CC(C)(C)N=N[N-]C(C)(C)C.[Co+2].[Li+]. The third kappa shape index (κ3) is 60.1. The van der Waals surface area contributed by atoms with Crippen molar-refractivity contribution in [3.63, 3.8) is 0 Å². The van der Waals surface area contributed by atoms with Crippen molar-refractivity contribution < 1.29 is 35.6 Å². The Bertz CT molecular complexity index is 508. The van der Waals surface area contributed by atoms with E-state index in [4.69, 9.17) is 0 Å². The number of nitrogens with zero attached hydrogens (tertiary/aromatic N) is 9. The number of hydrogen-bond donors (Lipinski definition) is 0. The van der Waals surface area contributed by atoms with Gasteiger partial charge in [0.25, 0.3) is 0 Å². The second-order valence-corrected chi connectivity index (χ2v) is 13.9. The summed E-state index contributed by atoms with van der Waals surface area (Å²) < 4.78 is 0. The Kier molecular flexibility index (Phi) is 22.4. The fourth-order valence-electron chi connectivity index (χ4n) is 0.872. The fourth-order valence-corrected chi connectivity index (χ4v) is 0.872. The van der Waals surface area contributed by atoms with Crippen LogP contribution in [0.25, 0.3) is 16.3 Å². The molecule has 0 aliphatic rings. The molecule has 0 atom stereocenters. The van der Waals surface area contributed by atoms with E-state index in [-0.39, 0.29) is 68.9 Å². The molecule has 0 heterocycles. The topological polar surface area (TPSA) is 116 Å². The molecule has 0 aromatic carbocycles. The Morgan fingerprint density at radius 3 is 0.571 bits per heavy atom. The Balaban J connectivity index is -0.000000125. The monoisotopic (exact) mass is 534 g/mol. The average molecular weight is 535 g/mol. The molecule has 0 N–H and O–H groups in total. The first-order chi connectivity index (χ1) is 14.1.